The van der Waals surface area contributed by atoms with Gasteiger partial charge in [0.25, 0.3) is 10.0 Å². The van der Waals surface area contributed by atoms with E-state index in [1.807, 2.05) is 6.92 Å². The smallest absolute Gasteiger partial charge is 0.198 e. The molecule has 6 heteroatoms. The van der Waals surface area contributed by atoms with Gasteiger partial charge < -0.3 is 0 Å². The highest BCUT2D eigenvalue weighted by atomic mass is 35.5. The van der Waals surface area contributed by atoms with Crippen molar-refractivity contribution < 1.29 is 8.42 Å². The molecule has 0 radical (unpaired) electrons. The summed E-state index contributed by atoms with van der Waals surface area (Å²) in [6.07, 6.45) is 1.30. The lowest BCUT2D eigenvalue weighted by Crippen LogP contribution is -2.16. The molecule has 0 aliphatic heterocycles. The first-order chi connectivity index (χ1) is 6.98. The Hall–Kier alpha value is -1.07. The van der Waals surface area contributed by atoms with E-state index in [1.165, 1.54) is 18.3 Å². The van der Waals surface area contributed by atoms with Crippen LogP contribution in [0.1, 0.15) is 12.5 Å². The summed E-state index contributed by atoms with van der Waals surface area (Å²) in [4.78, 5) is 0.119. The molecule has 0 unspecified atom stereocenters. The van der Waals surface area contributed by atoms with Crippen LogP contribution in [0.2, 0.25) is 0 Å². The molecule has 0 aliphatic carbocycles. The lowest BCUT2D eigenvalue weighted by atomic mass is 10.2. The molecule has 0 fully saturated rings. The SMILES string of the molecule is CC=NN(Cl)S(=O)(=O)c1ccc(C)cc1. The van der Waals surface area contributed by atoms with E-state index < -0.39 is 10.0 Å². The second kappa shape index (κ2) is 4.63. The van der Waals surface area contributed by atoms with E-state index in [-0.39, 0.29) is 4.90 Å². The van der Waals surface area contributed by atoms with Crippen LogP contribution in [0.25, 0.3) is 0 Å². The summed E-state index contributed by atoms with van der Waals surface area (Å²) in [5, 5.41) is 3.48. The van der Waals surface area contributed by atoms with E-state index >= 15 is 0 Å². The van der Waals surface area contributed by atoms with Crippen LogP contribution < -0.4 is 0 Å². The zero-order chi connectivity index (χ0) is 11.5. The molecule has 1 rings (SSSR count). The first kappa shape index (κ1) is 12.0. The molecular formula is C9H11ClN2O2S. The van der Waals surface area contributed by atoms with Gasteiger partial charge >= 0.3 is 0 Å². The number of sulfonamides is 1. The van der Waals surface area contributed by atoms with Crippen LogP contribution in [0, 0.1) is 6.92 Å². The zero-order valence-corrected chi connectivity index (χ0v) is 9.96. The predicted molar refractivity (Wildman–Crippen MR) is 60.2 cm³/mol. The van der Waals surface area contributed by atoms with Gasteiger partial charge in [-0.15, -0.1) is 0 Å². The van der Waals surface area contributed by atoms with Crippen LogP contribution in [0.5, 0.6) is 0 Å². The molecule has 1 aromatic carbocycles. The number of nitrogens with zero attached hydrogens (tertiary/aromatic N) is 2. The molecule has 0 saturated heterocycles. The van der Waals surface area contributed by atoms with E-state index in [2.05, 4.69) is 5.10 Å². The Bertz CT molecular complexity index is 454. The quantitative estimate of drug-likeness (QED) is 0.466. The lowest BCUT2D eigenvalue weighted by Gasteiger charge is -2.09. The minimum Gasteiger partial charge on any atom is -0.198 e. The van der Waals surface area contributed by atoms with Gasteiger partial charge in [-0.25, -0.2) is 0 Å². The Morgan fingerprint density at radius 3 is 2.33 bits per heavy atom. The van der Waals surface area contributed by atoms with Crippen molar-refractivity contribution in [3.05, 3.63) is 29.8 Å². The highest BCUT2D eigenvalue weighted by molar-refractivity contribution is 7.90. The maximum Gasteiger partial charge on any atom is 0.293 e. The summed E-state index contributed by atoms with van der Waals surface area (Å²) in [7, 11) is -3.72. The van der Waals surface area contributed by atoms with E-state index in [0.717, 1.165) is 5.56 Å². The van der Waals surface area contributed by atoms with E-state index in [1.54, 1.807) is 19.1 Å². The summed E-state index contributed by atoms with van der Waals surface area (Å²) in [5.74, 6) is 0. The number of hydrogen-bond donors (Lipinski definition) is 0. The van der Waals surface area contributed by atoms with Gasteiger partial charge in [-0.3, -0.25) is 0 Å². The first-order valence-corrected chi connectivity index (χ1v) is 6.02. The fourth-order valence-corrected chi connectivity index (χ4v) is 2.15. The normalized spacial score (nSPS) is 11.9. The van der Waals surface area contributed by atoms with Gasteiger partial charge in [0.1, 0.15) is 0 Å². The van der Waals surface area contributed by atoms with Gasteiger partial charge in [0.05, 0.1) is 16.7 Å². The highest BCUT2D eigenvalue weighted by Crippen LogP contribution is 2.18. The fraction of sp³-hybridized carbons (Fsp3) is 0.222. The highest BCUT2D eigenvalue weighted by Gasteiger charge is 2.20. The maximum atomic E-state index is 11.7. The van der Waals surface area contributed by atoms with Crippen molar-refractivity contribution in [1.29, 1.82) is 0 Å². The largest absolute Gasteiger partial charge is 0.293 e. The topological polar surface area (TPSA) is 49.7 Å². The average molecular weight is 247 g/mol. The minimum atomic E-state index is -3.72. The maximum absolute atomic E-state index is 11.7. The summed E-state index contributed by atoms with van der Waals surface area (Å²) in [5.41, 5.74) is 0.981. The zero-order valence-electron chi connectivity index (χ0n) is 8.38. The van der Waals surface area contributed by atoms with Crippen LogP contribution in [0.4, 0.5) is 0 Å². The molecule has 0 aliphatic rings. The monoisotopic (exact) mass is 246 g/mol. The number of hydrazone groups is 1. The standard InChI is InChI=1S/C9H11ClN2O2S/c1-3-11-12(10)15(13,14)9-6-4-8(2)5-7-9/h3-7H,1-2H3. The molecule has 0 spiro atoms. The van der Waals surface area contributed by atoms with E-state index in [9.17, 15) is 8.42 Å². The van der Waals surface area contributed by atoms with Crippen LogP contribution in [0.3, 0.4) is 0 Å². The Morgan fingerprint density at radius 2 is 1.87 bits per heavy atom. The van der Waals surface area contributed by atoms with Crippen molar-refractivity contribution in [1.82, 2.24) is 3.93 Å². The van der Waals surface area contributed by atoms with Crippen LogP contribution in [-0.4, -0.2) is 18.6 Å². The third-order valence-electron chi connectivity index (χ3n) is 1.72. The third-order valence-corrected chi connectivity index (χ3v) is 3.71. The van der Waals surface area contributed by atoms with Gasteiger partial charge in [-0.05, 0) is 26.0 Å². The van der Waals surface area contributed by atoms with Crippen molar-refractivity contribution >= 4 is 28.0 Å². The number of benzene rings is 1. The second-order valence-electron chi connectivity index (χ2n) is 2.89. The Balaban J connectivity index is 3.11. The molecule has 0 aromatic heterocycles. The molecular weight excluding hydrogens is 236 g/mol. The van der Waals surface area contributed by atoms with E-state index in [4.69, 9.17) is 11.8 Å². The summed E-state index contributed by atoms with van der Waals surface area (Å²) >= 11 is 5.49. The number of rotatable bonds is 3. The Labute approximate surface area is 94.3 Å². The fourth-order valence-electron chi connectivity index (χ4n) is 0.950. The second-order valence-corrected chi connectivity index (χ2v) is 5.18. The van der Waals surface area contributed by atoms with Crippen LogP contribution in [0.15, 0.2) is 34.3 Å². The van der Waals surface area contributed by atoms with Crippen molar-refractivity contribution in [2.75, 3.05) is 0 Å². The minimum absolute atomic E-state index is 0.119. The van der Waals surface area contributed by atoms with E-state index in [0.29, 0.717) is 3.93 Å². The molecule has 1 aromatic rings. The lowest BCUT2D eigenvalue weighted by molar-refractivity contribution is 0.547. The average Bonchev–Trinajstić information content (AvgIpc) is 2.18. The number of halogens is 1. The molecule has 0 saturated carbocycles. The van der Waals surface area contributed by atoms with Crippen molar-refractivity contribution in [2.45, 2.75) is 18.7 Å². The molecule has 0 amide bonds. The number of aryl methyl sites for hydroxylation is 1. The summed E-state index contributed by atoms with van der Waals surface area (Å²) in [6, 6.07) is 6.39. The van der Waals surface area contributed by atoms with Gasteiger partial charge in [0.15, 0.2) is 0 Å². The predicted octanol–water partition coefficient (Wildman–Crippen LogP) is 2.15. The molecule has 82 valence electrons. The number of hydrogen-bond acceptors (Lipinski definition) is 3. The van der Waals surface area contributed by atoms with Gasteiger partial charge in [0, 0.05) is 6.21 Å². The first-order valence-electron chi connectivity index (χ1n) is 4.25. The molecule has 15 heavy (non-hydrogen) atoms. The Morgan fingerprint density at radius 1 is 1.33 bits per heavy atom. The molecule has 0 heterocycles. The van der Waals surface area contributed by atoms with Crippen molar-refractivity contribution in [2.24, 2.45) is 5.10 Å². The molecule has 0 bridgehead atoms. The third kappa shape index (κ3) is 2.70. The van der Waals surface area contributed by atoms with Crippen LogP contribution >= 0.6 is 11.8 Å². The summed E-state index contributed by atoms with van der Waals surface area (Å²) < 4.78 is 23.9. The van der Waals surface area contributed by atoms with Gasteiger partial charge in [0.2, 0.25) is 0 Å². The van der Waals surface area contributed by atoms with Crippen LogP contribution in [-0.2, 0) is 10.0 Å². The molecule has 0 N–H and O–H groups in total. The Kier molecular flexibility index (Phi) is 3.71. The molecule has 0 atom stereocenters. The van der Waals surface area contributed by atoms with Gasteiger partial charge in [-0.1, -0.05) is 21.6 Å². The summed E-state index contributed by atoms with van der Waals surface area (Å²) in [6.45, 7) is 3.46. The van der Waals surface area contributed by atoms with Crippen molar-refractivity contribution in [3.63, 3.8) is 0 Å². The molecule has 4 nitrogen and oxygen atoms in total. The van der Waals surface area contributed by atoms with Gasteiger partial charge in [-0.2, -0.15) is 13.5 Å². The van der Waals surface area contributed by atoms with Crippen molar-refractivity contribution in [3.8, 4) is 0 Å².